The topological polar surface area (TPSA) is 83.6 Å². The number of carbonyl (C=O) groups is 1. The summed E-state index contributed by atoms with van der Waals surface area (Å²) in [6, 6.07) is 0. The molecule has 2 N–H and O–H groups in total. The van der Waals surface area contributed by atoms with E-state index in [1.165, 1.54) is 23.1 Å². The summed E-state index contributed by atoms with van der Waals surface area (Å²) in [4.78, 5) is 19.6. The molecule has 0 unspecified atom stereocenters. The number of aromatic amines is 1. The summed E-state index contributed by atoms with van der Waals surface area (Å²) in [5, 5.41) is 12.6. The fourth-order valence-electron chi connectivity index (χ4n) is 1.76. The van der Waals surface area contributed by atoms with Gasteiger partial charge in [-0.3, -0.25) is 10.1 Å². The van der Waals surface area contributed by atoms with Gasteiger partial charge in [0.05, 0.1) is 11.4 Å². The smallest absolute Gasteiger partial charge is 0.236 e. The normalized spacial score (nSPS) is 10.3. The van der Waals surface area contributed by atoms with E-state index >= 15 is 0 Å². The molecular formula is C13H20ClN5OS2. The second-order valence-corrected chi connectivity index (χ2v) is 6.83. The molecule has 122 valence electrons. The lowest BCUT2D eigenvalue weighted by Gasteiger charge is -1.98. The van der Waals surface area contributed by atoms with E-state index in [0.717, 1.165) is 40.8 Å². The van der Waals surface area contributed by atoms with Crippen molar-refractivity contribution in [1.29, 1.82) is 0 Å². The highest BCUT2D eigenvalue weighted by Crippen LogP contribution is 2.19. The minimum Gasteiger partial charge on any atom is -0.337 e. The van der Waals surface area contributed by atoms with Gasteiger partial charge >= 0.3 is 0 Å². The van der Waals surface area contributed by atoms with Crippen LogP contribution in [0, 0.1) is 13.8 Å². The Morgan fingerprint density at radius 1 is 1.36 bits per heavy atom. The number of nitrogens with one attached hydrogen (secondary N) is 2. The summed E-state index contributed by atoms with van der Waals surface area (Å²) in [5.74, 6) is 0.207. The van der Waals surface area contributed by atoms with Crippen LogP contribution in [-0.2, 0) is 11.2 Å². The van der Waals surface area contributed by atoms with Crippen molar-refractivity contribution in [3.8, 4) is 0 Å². The number of rotatable bonds is 7. The lowest BCUT2D eigenvalue weighted by atomic mass is 10.2. The molecule has 2 rings (SSSR count). The van der Waals surface area contributed by atoms with Gasteiger partial charge in [0, 0.05) is 5.69 Å². The summed E-state index contributed by atoms with van der Waals surface area (Å²) in [5.41, 5.74) is 2.19. The predicted molar refractivity (Wildman–Crippen MR) is 93.2 cm³/mol. The molecule has 0 saturated heterocycles. The zero-order chi connectivity index (χ0) is 15.2. The van der Waals surface area contributed by atoms with E-state index < -0.39 is 0 Å². The van der Waals surface area contributed by atoms with Crippen molar-refractivity contribution in [1.82, 2.24) is 20.2 Å². The van der Waals surface area contributed by atoms with Crippen molar-refractivity contribution in [2.24, 2.45) is 0 Å². The zero-order valence-electron chi connectivity index (χ0n) is 12.8. The zero-order valence-corrected chi connectivity index (χ0v) is 15.3. The van der Waals surface area contributed by atoms with E-state index in [2.05, 4.69) is 32.4 Å². The van der Waals surface area contributed by atoms with Gasteiger partial charge in [0.15, 0.2) is 5.16 Å². The van der Waals surface area contributed by atoms with Gasteiger partial charge in [0.25, 0.3) is 0 Å². The minimum absolute atomic E-state index is 0. The molecule has 22 heavy (non-hydrogen) atoms. The van der Waals surface area contributed by atoms with Crippen LogP contribution in [0.5, 0.6) is 0 Å². The molecule has 1 amide bonds. The van der Waals surface area contributed by atoms with E-state index in [0.29, 0.717) is 10.9 Å². The van der Waals surface area contributed by atoms with Gasteiger partial charge < -0.3 is 4.98 Å². The Morgan fingerprint density at radius 3 is 2.77 bits per heavy atom. The van der Waals surface area contributed by atoms with Crippen LogP contribution in [0.3, 0.4) is 0 Å². The van der Waals surface area contributed by atoms with Gasteiger partial charge in [0.2, 0.25) is 11.0 Å². The van der Waals surface area contributed by atoms with E-state index in [-0.39, 0.29) is 18.3 Å². The first-order valence-electron chi connectivity index (χ1n) is 6.86. The lowest BCUT2D eigenvalue weighted by Crippen LogP contribution is -2.13. The van der Waals surface area contributed by atoms with E-state index in [9.17, 15) is 4.79 Å². The van der Waals surface area contributed by atoms with Crippen molar-refractivity contribution >= 4 is 46.5 Å². The number of carbonyl (C=O) groups excluding carboxylic acids is 1. The van der Waals surface area contributed by atoms with Crippen LogP contribution in [0.25, 0.3) is 0 Å². The number of aromatic nitrogens is 4. The molecule has 2 aromatic heterocycles. The largest absolute Gasteiger partial charge is 0.337 e. The summed E-state index contributed by atoms with van der Waals surface area (Å²) >= 11 is 2.77. The standard InChI is InChI=1S/C13H19N5OS2.ClH/c1-4-5-6-10-8(2)14-12(15-10)20-7-11(19)16-13-18-17-9(3)21-13;/h4-7H2,1-3H3,(H,14,15)(H,16,18,19);1H. The molecule has 2 aromatic rings. The third-order valence-electron chi connectivity index (χ3n) is 2.84. The van der Waals surface area contributed by atoms with Crippen LogP contribution in [0.1, 0.15) is 36.2 Å². The monoisotopic (exact) mass is 361 g/mol. The Balaban J connectivity index is 0.00000242. The fraction of sp³-hybridized carbons (Fsp3) is 0.538. The van der Waals surface area contributed by atoms with Crippen LogP contribution in [0.15, 0.2) is 5.16 Å². The number of unbranched alkanes of at least 4 members (excludes halogenated alkanes) is 1. The highest BCUT2D eigenvalue weighted by Gasteiger charge is 2.10. The maximum atomic E-state index is 11.8. The Bertz CT molecular complexity index is 613. The van der Waals surface area contributed by atoms with E-state index in [4.69, 9.17) is 0 Å². The second kappa shape index (κ2) is 9.12. The molecule has 0 atom stereocenters. The highest BCUT2D eigenvalue weighted by atomic mass is 35.5. The van der Waals surface area contributed by atoms with Crippen LogP contribution in [-0.4, -0.2) is 31.8 Å². The average Bonchev–Trinajstić information content (AvgIpc) is 3.00. The number of halogens is 1. The van der Waals surface area contributed by atoms with E-state index in [1.54, 1.807) is 0 Å². The Labute approximate surface area is 144 Å². The predicted octanol–water partition coefficient (Wildman–Crippen LogP) is 3.37. The maximum absolute atomic E-state index is 11.8. The Morgan fingerprint density at radius 2 is 2.14 bits per heavy atom. The number of thioether (sulfide) groups is 1. The first-order valence-corrected chi connectivity index (χ1v) is 8.67. The summed E-state index contributed by atoms with van der Waals surface area (Å²) in [6.07, 6.45) is 3.26. The van der Waals surface area contributed by atoms with Crippen LogP contribution in [0.4, 0.5) is 5.13 Å². The molecule has 0 aliphatic rings. The van der Waals surface area contributed by atoms with Gasteiger partial charge in [0.1, 0.15) is 5.01 Å². The molecule has 0 aliphatic carbocycles. The fourth-order valence-corrected chi connectivity index (χ4v) is 3.11. The molecule has 0 spiro atoms. The first kappa shape index (κ1) is 18.9. The second-order valence-electron chi connectivity index (χ2n) is 4.68. The number of hydrogen-bond acceptors (Lipinski definition) is 6. The van der Waals surface area contributed by atoms with Gasteiger partial charge in [-0.2, -0.15) is 0 Å². The number of amides is 1. The van der Waals surface area contributed by atoms with Crippen molar-refractivity contribution in [2.75, 3.05) is 11.1 Å². The van der Waals surface area contributed by atoms with Crippen LogP contribution in [0.2, 0.25) is 0 Å². The van der Waals surface area contributed by atoms with Crippen LogP contribution >= 0.6 is 35.5 Å². The number of nitrogens with zero attached hydrogens (tertiary/aromatic N) is 3. The third-order valence-corrected chi connectivity index (χ3v) is 4.47. The summed E-state index contributed by atoms with van der Waals surface area (Å²) in [6.45, 7) is 6.04. The Kier molecular flexibility index (Phi) is 7.84. The molecule has 0 radical (unpaired) electrons. The average molecular weight is 362 g/mol. The van der Waals surface area contributed by atoms with Crippen molar-refractivity contribution in [3.63, 3.8) is 0 Å². The molecule has 9 heteroatoms. The number of imidazole rings is 1. The van der Waals surface area contributed by atoms with Crippen molar-refractivity contribution in [2.45, 2.75) is 45.2 Å². The lowest BCUT2D eigenvalue weighted by molar-refractivity contribution is -0.113. The molecule has 0 bridgehead atoms. The highest BCUT2D eigenvalue weighted by molar-refractivity contribution is 7.99. The molecule has 0 saturated carbocycles. The maximum Gasteiger partial charge on any atom is 0.236 e. The minimum atomic E-state index is -0.0969. The van der Waals surface area contributed by atoms with Crippen LogP contribution < -0.4 is 5.32 Å². The molecule has 0 fully saturated rings. The number of H-pyrrole nitrogens is 1. The van der Waals surface area contributed by atoms with Gasteiger partial charge in [-0.15, -0.1) is 22.6 Å². The summed E-state index contributed by atoms with van der Waals surface area (Å²) < 4.78 is 0. The first-order chi connectivity index (χ1) is 10.1. The number of hydrogen-bond donors (Lipinski definition) is 2. The van der Waals surface area contributed by atoms with Gasteiger partial charge in [-0.05, 0) is 26.7 Å². The molecule has 6 nitrogen and oxygen atoms in total. The SMILES string of the molecule is CCCCc1nc(SCC(=O)Nc2nnc(C)s2)[nH]c1C.Cl. The van der Waals surface area contributed by atoms with E-state index in [1.807, 2.05) is 13.8 Å². The number of anilines is 1. The van der Waals surface area contributed by atoms with Gasteiger partial charge in [-0.25, -0.2) is 4.98 Å². The molecule has 0 aliphatic heterocycles. The Hall–Kier alpha value is -1.12. The van der Waals surface area contributed by atoms with Gasteiger partial charge in [-0.1, -0.05) is 36.4 Å². The third kappa shape index (κ3) is 5.58. The number of aryl methyl sites for hydroxylation is 3. The summed E-state index contributed by atoms with van der Waals surface area (Å²) in [7, 11) is 0. The van der Waals surface area contributed by atoms with Crippen molar-refractivity contribution in [3.05, 3.63) is 16.4 Å². The molecular weight excluding hydrogens is 342 g/mol. The molecule has 0 aromatic carbocycles. The van der Waals surface area contributed by atoms with Crippen molar-refractivity contribution < 1.29 is 4.79 Å². The quantitative estimate of drug-likeness (QED) is 0.738. The molecule has 2 heterocycles.